The quantitative estimate of drug-likeness (QED) is 0.338. The molecule has 0 atom stereocenters. The van der Waals surface area contributed by atoms with Gasteiger partial charge in [-0.3, -0.25) is 14.0 Å². The molecule has 0 saturated carbocycles. The van der Waals surface area contributed by atoms with E-state index in [1.54, 1.807) is 60.2 Å². The number of rotatable bonds is 4. The summed E-state index contributed by atoms with van der Waals surface area (Å²) in [6.45, 7) is 5.49. The maximum Gasteiger partial charge on any atom is 0.341 e. The van der Waals surface area contributed by atoms with E-state index < -0.39 is 11.9 Å². The second-order valence-corrected chi connectivity index (χ2v) is 7.95. The molecule has 4 rings (SSSR count). The summed E-state index contributed by atoms with van der Waals surface area (Å²) in [4.78, 5) is 48.1. The topological polar surface area (TPSA) is 95.0 Å². The highest BCUT2D eigenvalue weighted by molar-refractivity contribution is 6.33. The van der Waals surface area contributed by atoms with Crippen LogP contribution in [0, 0.1) is 0 Å². The van der Waals surface area contributed by atoms with Gasteiger partial charge in [-0.15, -0.1) is 0 Å². The van der Waals surface area contributed by atoms with Crippen molar-refractivity contribution in [1.29, 1.82) is 0 Å². The van der Waals surface area contributed by atoms with Crippen LogP contribution in [0.4, 0.5) is 0 Å². The Morgan fingerprint density at radius 2 is 1.85 bits per heavy atom. The van der Waals surface area contributed by atoms with Crippen LogP contribution < -0.4 is 11.0 Å². The van der Waals surface area contributed by atoms with Gasteiger partial charge in [0.05, 0.1) is 22.6 Å². The third-order valence-corrected chi connectivity index (χ3v) is 5.39. The first-order valence-corrected chi connectivity index (χ1v) is 10.8. The molecule has 4 aromatic rings. The summed E-state index contributed by atoms with van der Waals surface area (Å²) in [5.41, 5.74) is 0.619. The smallest absolute Gasteiger partial charge is 0.341 e. The molecular formula is C24H21ClN4O4. The van der Waals surface area contributed by atoms with Crippen LogP contribution in [-0.4, -0.2) is 32.4 Å². The number of esters is 1. The number of carbonyl (C=O) groups is 2. The maximum absolute atomic E-state index is 13.2. The first-order valence-electron chi connectivity index (χ1n) is 10.4. The molecule has 3 heterocycles. The predicted molar refractivity (Wildman–Crippen MR) is 125 cm³/mol. The summed E-state index contributed by atoms with van der Waals surface area (Å²) in [5, 5.41) is 0.447. The first-order chi connectivity index (χ1) is 15.8. The maximum atomic E-state index is 13.2. The molecule has 0 aliphatic heterocycles. The van der Waals surface area contributed by atoms with E-state index in [-0.39, 0.29) is 45.2 Å². The lowest BCUT2D eigenvalue weighted by atomic mass is 10.1. The summed E-state index contributed by atoms with van der Waals surface area (Å²) >= 11 is 6.19. The molecule has 0 saturated heterocycles. The predicted octanol–water partition coefficient (Wildman–Crippen LogP) is 3.80. The van der Waals surface area contributed by atoms with Crippen LogP contribution in [-0.2, 0) is 4.74 Å². The van der Waals surface area contributed by atoms with E-state index in [1.807, 2.05) is 13.8 Å². The van der Waals surface area contributed by atoms with Gasteiger partial charge in [-0.2, -0.15) is 4.99 Å². The third-order valence-electron chi connectivity index (χ3n) is 5.06. The average molecular weight is 465 g/mol. The monoisotopic (exact) mass is 464 g/mol. The molecule has 0 N–H and O–H groups in total. The summed E-state index contributed by atoms with van der Waals surface area (Å²) in [7, 11) is 0. The number of halogens is 1. The number of pyridine rings is 2. The minimum atomic E-state index is -0.697. The van der Waals surface area contributed by atoms with Gasteiger partial charge in [0, 0.05) is 12.2 Å². The van der Waals surface area contributed by atoms with Crippen molar-refractivity contribution < 1.29 is 14.3 Å². The van der Waals surface area contributed by atoms with E-state index in [9.17, 15) is 14.4 Å². The Kier molecular flexibility index (Phi) is 6.11. The van der Waals surface area contributed by atoms with Crippen LogP contribution in [0.3, 0.4) is 0 Å². The Morgan fingerprint density at radius 3 is 2.55 bits per heavy atom. The van der Waals surface area contributed by atoms with Gasteiger partial charge < -0.3 is 9.30 Å². The summed E-state index contributed by atoms with van der Waals surface area (Å²) in [6.07, 6.45) is 1.60. The number of hydrogen-bond donors (Lipinski definition) is 0. The van der Waals surface area contributed by atoms with E-state index in [1.165, 1.54) is 10.5 Å². The Balaban J connectivity index is 2.16. The van der Waals surface area contributed by atoms with Gasteiger partial charge in [0.2, 0.25) is 0 Å². The van der Waals surface area contributed by atoms with Gasteiger partial charge in [0.25, 0.3) is 11.5 Å². The highest BCUT2D eigenvalue weighted by atomic mass is 35.5. The molecule has 0 aliphatic rings. The van der Waals surface area contributed by atoms with Crippen LogP contribution in [0.25, 0.3) is 16.7 Å². The highest BCUT2D eigenvalue weighted by Gasteiger charge is 2.21. The molecule has 0 spiro atoms. The van der Waals surface area contributed by atoms with Gasteiger partial charge in [-0.1, -0.05) is 29.8 Å². The summed E-state index contributed by atoms with van der Waals surface area (Å²) < 4.78 is 8.21. The van der Waals surface area contributed by atoms with Gasteiger partial charge in [-0.05, 0) is 51.1 Å². The molecule has 168 valence electrons. The molecule has 8 nitrogen and oxygen atoms in total. The number of aromatic nitrogens is 3. The van der Waals surface area contributed by atoms with Crippen molar-refractivity contribution in [3.05, 3.63) is 86.7 Å². The molecule has 3 aromatic heterocycles. The Labute approximate surface area is 193 Å². The minimum Gasteiger partial charge on any atom is -0.462 e. The van der Waals surface area contributed by atoms with Crippen LogP contribution in [0.5, 0.6) is 0 Å². The van der Waals surface area contributed by atoms with E-state index >= 15 is 0 Å². The third kappa shape index (κ3) is 4.05. The zero-order chi connectivity index (χ0) is 23.7. The fourth-order valence-corrected chi connectivity index (χ4v) is 3.81. The molecule has 9 heteroatoms. The molecule has 0 aliphatic carbocycles. The van der Waals surface area contributed by atoms with E-state index in [0.29, 0.717) is 11.3 Å². The lowest BCUT2D eigenvalue weighted by Crippen LogP contribution is -2.33. The van der Waals surface area contributed by atoms with Crippen molar-refractivity contribution in [2.75, 3.05) is 6.61 Å². The number of hydrogen-bond acceptors (Lipinski definition) is 5. The second kappa shape index (κ2) is 8.99. The molecule has 0 radical (unpaired) electrons. The average Bonchev–Trinajstić information content (AvgIpc) is 2.79. The number of benzene rings is 1. The Morgan fingerprint density at radius 1 is 1.12 bits per heavy atom. The van der Waals surface area contributed by atoms with Crippen LogP contribution >= 0.6 is 11.6 Å². The highest BCUT2D eigenvalue weighted by Crippen LogP contribution is 2.18. The number of amides is 1. The lowest BCUT2D eigenvalue weighted by Gasteiger charge is -2.17. The molecule has 1 aromatic carbocycles. The Hall–Kier alpha value is -3.78. The SMILES string of the molecule is CCOC(=O)c1cc2c(=O)n3ccccc3nc2n(C(C)C)c1=NC(=O)c1ccccc1Cl. The van der Waals surface area contributed by atoms with Crippen LogP contribution in [0.1, 0.15) is 47.5 Å². The zero-order valence-corrected chi connectivity index (χ0v) is 19.0. The number of nitrogens with zero attached hydrogens (tertiary/aromatic N) is 4. The summed E-state index contributed by atoms with van der Waals surface area (Å²) in [6, 6.07) is 12.8. The van der Waals surface area contributed by atoms with E-state index in [2.05, 4.69) is 9.98 Å². The fraction of sp³-hybridized carbons (Fsp3) is 0.208. The van der Waals surface area contributed by atoms with Gasteiger partial charge in [-0.25, -0.2) is 9.78 Å². The van der Waals surface area contributed by atoms with Crippen molar-refractivity contribution in [1.82, 2.24) is 14.0 Å². The van der Waals surface area contributed by atoms with Crippen molar-refractivity contribution in [2.45, 2.75) is 26.8 Å². The zero-order valence-electron chi connectivity index (χ0n) is 18.3. The normalized spacial score (nSPS) is 12.0. The Bertz CT molecular complexity index is 1540. The van der Waals surface area contributed by atoms with Crippen molar-refractivity contribution in [3.8, 4) is 0 Å². The standard InChI is InChI=1S/C24H21ClN4O4/c1-4-33-24(32)17-13-16-20(26-19-11-7-8-12-28(19)23(16)31)29(14(2)3)21(17)27-22(30)15-9-5-6-10-18(15)25/h5-14H,4H2,1-3H3. The van der Waals surface area contributed by atoms with E-state index in [0.717, 1.165) is 0 Å². The number of carbonyl (C=O) groups excluding carboxylic acids is 2. The van der Waals surface area contributed by atoms with Crippen molar-refractivity contribution in [2.24, 2.45) is 4.99 Å². The van der Waals surface area contributed by atoms with Crippen LogP contribution in [0.2, 0.25) is 5.02 Å². The lowest BCUT2D eigenvalue weighted by molar-refractivity contribution is 0.0523. The van der Waals surface area contributed by atoms with Crippen molar-refractivity contribution in [3.63, 3.8) is 0 Å². The van der Waals surface area contributed by atoms with E-state index in [4.69, 9.17) is 16.3 Å². The largest absolute Gasteiger partial charge is 0.462 e. The number of fused-ring (bicyclic) bond motifs is 2. The number of ether oxygens (including phenoxy) is 1. The van der Waals surface area contributed by atoms with Gasteiger partial charge in [0.15, 0.2) is 5.49 Å². The van der Waals surface area contributed by atoms with Crippen molar-refractivity contribution >= 4 is 40.2 Å². The molecule has 1 amide bonds. The van der Waals surface area contributed by atoms with Crippen LogP contribution in [0.15, 0.2) is 64.5 Å². The molecule has 0 fully saturated rings. The fourth-order valence-electron chi connectivity index (χ4n) is 3.59. The summed E-state index contributed by atoms with van der Waals surface area (Å²) in [5.74, 6) is -1.32. The molecule has 33 heavy (non-hydrogen) atoms. The minimum absolute atomic E-state index is 0.00626. The molecule has 0 unspecified atom stereocenters. The molecular weight excluding hydrogens is 444 g/mol. The molecule has 0 bridgehead atoms. The van der Waals surface area contributed by atoms with Gasteiger partial charge in [0.1, 0.15) is 16.9 Å². The second-order valence-electron chi connectivity index (χ2n) is 7.55. The first kappa shape index (κ1) is 22.4. The van der Waals surface area contributed by atoms with Gasteiger partial charge >= 0.3 is 5.97 Å².